The van der Waals surface area contributed by atoms with Crippen molar-refractivity contribution >= 4 is 0 Å². The molecule has 4 bridgehead atoms. The maximum atomic E-state index is 13.2. The average molecular weight is 287 g/mol. The fourth-order valence-electron chi connectivity index (χ4n) is 5.94. The van der Waals surface area contributed by atoms with E-state index in [2.05, 4.69) is 0 Å². The summed E-state index contributed by atoms with van der Waals surface area (Å²) in [7, 11) is 0. The van der Waals surface area contributed by atoms with E-state index in [0.717, 1.165) is 35.7 Å². The first-order chi connectivity index (χ1) is 10.1. The molecule has 0 radical (unpaired) electrons. The Bertz CT molecular complexity index is 510. The van der Waals surface area contributed by atoms with Crippen LogP contribution in [-0.4, -0.2) is 6.04 Å². The van der Waals surface area contributed by atoms with E-state index in [9.17, 15) is 4.39 Å². The van der Waals surface area contributed by atoms with Crippen LogP contribution in [0, 0.1) is 42.3 Å². The SMILES string of the molecule is Cc1cc(F)ccc1CC(N)C1C2CC3CC(C2)CC1C3. The smallest absolute Gasteiger partial charge is 0.123 e. The van der Waals surface area contributed by atoms with Gasteiger partial charge in [-0.3, -0.25) is 0 Å². The van der Waals surface area contributed by atoms with E-state index in [1.54, 1.807) is 12.1 Å². The van der Waals surface area contributed by atoms with E-state index in [-0.39, 0.29) is 11.9 Å². The van der Waals surface area contributed by atoms with Crippen molar-refractivity contribution in [1.82, 2.24) is 0 Å². The van der Waals surface area contributed by atoms with Crippen LogP contribution < -0.4 is 5.73 Å². The standard InChI is InChI=1S/C19H26FN/c1-11-4-17(20)3-2-14(11)10-18(21)19-15-6-12-5-13(8-15)9-16(19)7-12/h2-4,12-13,15-16,18-19H,5-10,21H2,1H3. The molecule has 4 saturated carbocycles. The molecule has 0 amide bonds. The zero-order valence-corrected chi connectivity index (χ0v) is 12.9. The number of hydrogen-bond acceptors (Lipinski definition) is 1. The van der Waals surface area contributed by atoms with Gasteiger partial charge in [0.15, 0.2) is 0 Å². The van der Waals surface area contributed by atoms with E-state index in [0.29, 0.717) is 5.92 Å². The van der Waals surface area contributed by atoms with Gasteiger partial charge in [0.25, 0.3) is 0 Å². The normalized spacial score (nSPS) is 38.7. The lowest BCUT2D eigenvalue weighted by Crippen LogP contribution is -2.52. The van der Waals surface area contributed by atoms with Crippen LogP contribution in [0.15, 0.2) is 18.2 Å². The van der Waals surface area contributed by atoms with E-state index < -0.39 is 0 Å². The molecule has 1 aromatic rings. The van der Waals surface area contributed by atoms with Gasteiger partial charge in [-0.05, 0) is 98.3 Å². The van der Waals surface area contributed by atoms with E-state index in [4.69, 9.17) is 5.73 Å². The van der Waals surface area contributed by atoms with Crippen molar-refractivity contribution in [2.45, 2.75) is 51.5 Å². The molecular weight excluding hydrogens is 261 g/mol. The molecule has 1 atom stereocenters. The van der Waals surface area contributed by atoms with Crippen LogP contribution in [0.2, 0.25) is 0 Å². The first kappa shape index (κ1) is 13.8. The lowest BCUT2D eigenvalue weighted by molar-refractivity contribution is -0.0465. The van der Waals surface area contributed by atoms with E-state index >= 15 is 0 Å². The first-order valence-electron chi connectivity index (χ1n) is 8.60. The van der Waals surface area contributed by atoms with Gasteiger partial charge in [-0.25, -0.2) is 4.39 Å². The van der Waals surface area contributed by atoms with Crippen LogP contribution >= 0.6 is 0 Å². The molecule has 21 heavy (non-hydrogen) atoms. The van der Waals surface area contributed by atoms with Crippen LogP contribution in [0.25, 0.3) is 0 Å². The van der Waals surface area contributed by atoms with Crippen molar-refractivity contribution in [1.29, 1.82) is 0 Å². The van der Waals surface area contributed by atoms with Crippen molar-refractivity contribution in [2.24, 2.45) is 35.3 Å². The predicted octanol–water partition coefficient (Wildman–Crippen LogP) is 4.08. The molecule has 0 spiro atoms. The van der Waals surface area contributed by atoms with Crippen LogP contribution in [0.4, 0.5) is 4.39 Å². The molecule has 1 nitrogen and oxygen atoms in total. The summed E-state index contributed by atoms with van der Waals surface area (Å²) in [6, 6.07) is 5.40. The zero-order valence-electron chi connectivity index (χ0n) is 12.9. The molecule has 1 unspecified atom stereocenters. The van der Waals surface area contributed by atoms with Gasteiger partial charge in [0.1, 0.15) is 5.82 Å². The second kappa shape index (κ2) is 5.08. The highest BCUT2D eigenvalue weighted by atomic mass is 19.1. The molecule has 1 aromatic carbocycles. The van der Waals surface area contributed by atoms with Gasteiger partial charge < -0.3 is 5.73 Å². The van der Waals surface area contributed by atoms with Crippen molar-refractivity contribution in [3.63, 3.8) is 0 Å². The third kappa shape index (κ3) is 2.42. The molecule has 2 heteroatoms. The van der Waals surface area contributed by atoms with Crippen LogP contribution in [0.1, 0.15) is 43.2 Å². The van der Waals surface area contributed by atoms with Gasteiger partial charge in [0, 0.05) is 6.04 Å². The number of hydrogen-bond donors (Lipinski definition) is 1. The zero-order chi connectivity index (χ0) is 14.6. The molecule has 4 aliphatic carbocycles. The summed E-state index contributed by atoms with van der Waals surface area (Å²) >= 11 is 0. The minimum atomic E-state index is -0.139. The summed E-state index contributed by atoms with van der Waals surface area (Å²) in [6.45, 7) is 2.00. The van der Waals surface area contributed by atoms with Gasteiger partial charge in [-0.2, -0.15) is 0 Å². The highest BCUT2D eigenvalue weighted by Gasteiger charge is 2.49. The largest absolute Gasteiger partial charge is 0.327 e. The lowest BCUT2D eigenvalue weighted by Gasteiger charge is -2.56. The predicted molar refractivity (Wildman–Crippen MR) is 83.4 cm³/mol. The Morgan fingerprint density at radius 3 is 2.29 bits per heavy atom. The second-order valence-electron chi connectivity index (χ2n) is 7.95. The van der Waals surface area contributed by atoms with Gasteiger partial charge in [-0.1, -0.05) is 6.07 Å². The highest BCUT2D eigenvalue weighted by Crippen LogP contribution is 2.57. The number of rotatable bonds is 3. The second-order valence-corrected chi connectivity index (χ2v) is 7.95. The molecule has 0 saturated heterocycles. The summed E-state index contributed by atoms with van der Waals surface area (Å²) in [5.41, 5.74) is 8.93. The van der Waals surface area contributed by atoms with Crippen LogP contribution in [-0.2, 0) is 6.42 Å². The molecule has 0 heterocycles. The minimum absolute atomic E-state index is 0.139. The Labute approximate surface area is 127 Å². The topological polar surface area (TPSA) is 26.0 Å². The molecule has 114 valence electrons. The van der Waals surface area contributed by atoms with Crippen molar-refractivity contribution in [3.8, 4) is 0 Å². The monoisotopic (exact) mass is 287 g/mol. The maximum absolute atomic E-state index is 13.2. The van der Waals surface area contributed by atoms with Crippen molar-refractivity contribution in [3.05, 3.63) is 35.1 Å². The number of benzene rings is 1. The molecular formula is C19H26FN. The van der Waals surface area contributed by atoms with E-state index in [1.165, 1.54) is 37.7 Å². The third-order valence-electron chi connectivity index (χ3n) is 6.55. The number of aryl methyl sites for hydroxylation is 1. The minimum Gasteiger partial charge on any atom is -0.327 e. The van der Waals surface area contributed by atoms with E-state index in [1.807, 2.05) is 13.0 Å². The summed E-state index contributed by atoms with van der Waals surface area (Å²) in [5, 5.41) is 0. The molecule has 4 fully saturated rings. The molecule has 2 N–H and O–H groups in total. The van der Waals surface area contributed by atoms with Crippen molar-refractivity contribution < 1.29 is 4.39 Å². The quantitative estimate of drug-likeness (QED) is 0.891. The van der Waals surface area contributed by atoms with Gasteiger partial charge in [0.05, 0.1) is 0 Å². The maximum Gasteiger partial charge on any atom is 0.123 e. The molecule has 5 rings (SSSR count). The average Bonchev–Trinajstić information content (AvgIpc) is 2.40. The first-order valence-corrected chi connectivity index (χ1v) is 8.60. The molecule has 0 aromatic heterocycles. The van der Waals surface area contributed by atoms with Gasteiger partial charge in [-0.15, -0.1) is 0 Å². The Morgan fingerprint density at radius 1 is 1.10 bits per heavy atom. The Hall–Kier alpha value is -0.890. The summed E-state index contributed by atoms with van der Waals surface area (Å²) in [4.78, 5) is 0. The number of nitrogens with two attached hydrogens (primary N) is 1. The van der Waals surface area contributed by atoms with Gasteiger partial charge in [0.2, 0.25) is 0 Å². The highest BCUT2D eigenvalue weighted by molar-refractivity contribution is 5.27. The van der Waals surface area contributed by atoms with Gasteiger partial charge >= 0.3 is 0 Å². The number of halogens is 1. The fraction of sp³-hybridized carbons (Fsp3) is 0.684. The summed E-state index contributed by atoms with van der Waals surface area (Å²) in [6.07, 6.45) is 8.11. The van der Waals surface area contributed by atoms with Crippen LogP contribution in [0.5, 0.6) is 0 Å². The molecule has 4 aliphatic rings. The third-order valence-corrected chi connectivity index (χ3v) is 6.55. The molecule has 0 aliphatic heterocycles. The Morgan fingerprint density at radius 2 is 1.71 bits per heavy atom. The van der Waals surface area contributed by atoms with Crippen LogP contribution in [0.3, 0.4) is 0 Å². The summed E-state index contributed by atoms with van der Waals surface area (Å²) in [5.74, 6) is 4.32. The lowest BCUT2D eigenvalue weighted by atomic mass is 9.50. The summed E-state index contributed by atoms with van der Waals surface area (Å²) < 4.78 is 13.2. The van der Waals surface area contributed by atoms with Crippen molar-refractivity contribution in [2.75, 3.05) is 0 Å². The Kier molecular flexibility index (Phi) is 3.33. The Balaban J connectivity index is 1.51. The fourth-order valence-corrected chi connectivity index (χ4v) is 5.94.